The van der Waals surface area contributed by atoms with Crippen LogP contribution in [0.3, 0.4) is 0 Å². The molecule has 2 saturated carbocycles. The van der Waals surface area contributed by atoms with Gasteiger partial charge < -0.3 is 15.5 Å². The van der Waals surface area contributed by atoms with Crippen molar-refractivity contribution < 1.29 is 9.59 Å². The number of hydrogen-bond acceptors (Lipinski definition) is 3. The molecule has 2 N–H and O–H groups in total. The van der Waals surface area contributed by atoms with E-state index in [9.17, 15) is 9.59 Å². The van der Waals surface area contributed by atoms with Gasteiger partial charge in [0.05, 0.1) is 5.41 Å². The van der Waals surface area contributed by atoms with Crippen LogP contribution in [0.5, 0.6) is 0 Å². The minimum atomic E-state index is -0.479. The average Bonchev–Trinajstić information content (AvgIpc) is 3.76. The predicted molar refractivity (Wildman–Crippen MR) is 141 cm³/mol. The van der Waals surface area contributed by atoms with Gasteiger partial charge in [-0.2, -0.15) is 0 Å². The number of hydrogen-bond donors (Lipinski definition) is 2. The molecule has 0 bridgehead atoms. The Morgan fingerprint density at radius 3 is 2.46 bits per heavy atom. The molecule has 0 atom stereocenters. The van der Waals surface area contributed by atoms with Gasteiger partial charge >= 0.3 is 0 Å². The zero-order valence-corrected chi connectivity index (χ0v) is 21.5. The van der Waals surface area contributed by atoms with E-state index in [0.717, 1.165) is 75.8 Å². The molecule has 5 rings (SSSR count). The van der Waals surface area contributed by atoms with Crippen LogP contribution in [-0.4, -0.2) is 42.9 Å². The number of likely N-dealkylation sites (tertiary alicyclic amines) is 1. The van der Waals surface area contributed by atoms with Crippen molar-refractivity contribution in [3.8, 4) is 0 Å². The number of halogens is 2. The van der Waals surface area contributed by atoms with E-state index in [4.69, 9.17) is 23.2 Å². The zero-order chi connectivity index (χ0) is 24.4. The van der Waals surface area contributed by atoms with Gasteiger partial charge in [-0.15, -0.1) is 0 Å². The Bertz CT molecular complexity index is 1090. The summed E-state index contributed by atoms with van der Waals surface area (Å²) in [7, 11) is 0. The number of anilines is 1. The third-order valence-corrected chi connectivity index (χ3v) is 8.28. The van der Waals surface area contributed by atoms with Gasteiger partial charge in [-0.3, -0.25) is 9.59 Å². The number of rotatable bonds is 9. The van der Waals surface area contributed by atoms with Gasteiger partial charge in [0, 0.05) is 28.2 Å². The fourth-order valence-electron chi connectivity index (χ4n) is 5.25. The Kier molecular flexibility index (Phi) is 7.38. The first-order chi connectivity index (χ1) is 16.9. The van der Waals surface area contributed by atoms with Crippen molar-refractivity contribution in [2.24, 2.45) is 5.92 Å². The fourth-order valence-corrected chi connectivity index (χ4v) is 5.83. The maximum Gasteiger partial charge on any atom is 0.230 e. The third kappa shape index (κ3) is 5.84. The highest BCUT2D eigenvalue weighted by Crippen LogP contribution is 2.51. The number of amides is 2. The molecule has 3 fully saturated rings. The summed E-state index contributed by atoms with van der Waals surface area (Å²) in [6.45, 7) is 3.77. The summed E-state index contributed by atoms with van der Waals surface area (Å²) in [5.74, 6) is 0.987. The number of piperidine rings is 1. The minimum Gasteiger partial charge on any atom is -0.355 e. The van der Waals surface area contributed by atoms with Crippen LogP contribution in [-0.2, 0) is 15.0 Å². The number of nitrogens with zero attached hydrogens (tertiary/aromatic N) is 1. The maximum absolute atomic E-state index is 12.9. The first-order valence-electron chi connectivity index (χ1n) is 12.8. The molecule has 1 heterocycles. The van der Waals surface area contributed by atoms with Gasteiger partial charge in [-0.05, 0) is 106 Å². The molecule has 0 aromatic heterocycles. The van der Waals surface area contributed by atoms with Crippen molar-refractivity contribution >= 4 is 40.7 Å². The minimum absolute atomic E-state index is 0.0779. The molecule has 5 nitrogen and oxygen atoms in total. The second-order valence-corrected chi connectivity index (χ2v) is 11.2. The van der Waals surface area contributed by atoms with Crippen LogP contribution in [0.2, 0.25) is 10.0 Å². The molecule has 1 aliphatic heterocycles. The Balaban J connectivity index is 1.04. The van der Waals surface area contributed by atoms with Gasteiger partial charge in [0.2, 0.25) is 11.8 Å². The quantitative estimate of drug-likeness (QED) is 0.419. The molecule has 2 aromatic carbocycles. The maximum atomic E-state index is 12.9. The number of benzene rings is 2. The van der Waals surface area contributed by atoms with Gasteiger partial charge in [0.1, 0.15) is 0 Å². The molecule has 35 heavy (non-hydrogen) atoms. The molecule has 2 amide bonds. The van der Waals surface area contributed by atoms with Crippen molar-refractivity contribution in [1.29, 1.82) is 0 Å². The Morgan fingerprint density at radius 1 is 1.00 bits per heavy atom. The van der Waals surface area contributed by atoms with E-state index in [-0.39, 0.29) is 17.7 Å². The van der Waals surface area contributed by atoms with E-state index in [1.165, 1.54) is 5.56 Å². The SMILES string of the molecule is O=C(Nc1cccc(C2CCN(CCCNC(=O)C3(c4ccc(Cl)cc4Cl)CC3)CC2)c1)C1CC1. The smallest absolute Gasteiger partial charge is 0.230 e. The molecule has 2 aromatic rings. The second kappa shape index (κ2) is 10.5. The highest BCUT2D eigenvalue weighted by Gasteiger charge is 2.52. The summed E-state index contributed by atoms with van der Waals surface area (Å²) in [5, 5.41) is 7.37. The Morgan fingerprint density at radius 2 is 1.77 bits per heavy atom. The second-order valence-electron chi connectivity index (χ2n) is 10.3. The summed E-state index contributed by atoms with van der Waals surface area (Å²) in [5.41, 5.74) is 2.65. The van der Waals surface area contributed by atoms with Crippen LogP contribution in [0.15, 0.2) is 42.5 Å². The first kappa shape index (κ1) is 24.6. The lowest BCUT2D eigenvalue weighted by Crippen LogP contribution is -2.38. The summed E-state index contributed by atoms with van der Waals surface area (Å²) in [4.78, 5) is 27.5. The highest BCUT2D eigenvalue weighted by molar-refractivity contribution is 6.35. The van der Waals surface area contributed by atoms with E-state index in [1.54, 1.807) is 12.1 Å². The molecule has 2 aliphatic carbocycles. The Labute approximate surface area is 217 Å². The third-order valence-electron chi connectivity index (χ3n) is 7.73. The number of carbonyl (C=O) groups is 2. The monoisotopic (exact) mass is 513 g/mol. The van der Waals surface area contributed by atoms with Crippen LogP contribution in [0.25, 0.3) is 0 Å². The van der Waals surface area contributed by atoms with Crippen LogP contribution in [0.1, 0.15) is 62.0 Å². The molecule has 186 valence electrons. The molecule has 0 unspecified atom stereocenters. The molecular weight excluding hydrogens is 481 g/mol. The lowest BCUT2D eigenvalue weighted by Gasteiger charge is -2.32. The topological polar surface area (TPSA) is 61.4 Å². The van der Waals surface area contributed by atoms with Gasteiger partial charge in [0.15, 0.2) is 0 Å². The normalized spacial score (nSPS) is 19.8. The van der Waals surface area contributed by atoms with Gasteiger partial charge in [0.25, 0.3) is 0 Å². The van der Waals surface area contributed by atoms with Crippen LogP contribution >= 0.6 is 23.2 Å². The van der Waals surface area contributed by atoms with Crippen LogP contribution < -0.4 is 10.6 Å². The van der Waals surface area contributed by atoms with E-state index in [1.807, 2.05) is 12.1 Å². The van der Waals surface area contributed by atoms with E-state index >= 15 is 0 Å². The first-order valence-corrected chi connectivity index (χ1v) is 13.6. The van der Waals surface area contributed by atoms with Crippen molar-refractivity contribution in [2.75, 3.05) is 31.5 Å². The van der Waals surface area contributed by atoms with Crippen molar-refractivity contribution in [3.05, 3.63) is 63.6 Å². The standard InChI is InChI=1S/C28H33Cl2N3O2/c29-22-7-8-24(25(30)18-22)28(11-12-28)27(35)31-13-2-14-33-15-9-19(10-16-33)21-3-1-4-23(17-21)32-26(34)20-5-6-20/h1,3-4,7-8,17-20H,2,5-6,9-16H2,(H,31,35)(H,32,34). The lowest BCUT2D eigenvalue weighted by molar-refractivity contribution is -0.123. The van der Waals surface area contributed by atoms with E-state index in [0.29, 0.717) is 22.5 Å². The number of carbonyl (C=O) groups excluding carboxylic acids is 2. The van der Waals surface area contributed by atoms with Gasteiger partial charge in [-0.25, -0.2) is 0 Å². The van der Waals surface area contributed by atoms with Crippen molar-refractivity contribution in [3.63, 3.8) is 0 Å². The summed E-state index contributed by atoms with van der Waals surface area (Å²) in [6.07, 6.45) is 6.87. The summed E-state index contributed by atoms with van der Waals surface area (Å²) < 4.78 is 0. The predicted octanol–water partition coefficient (Wildman–Crippen LogP) is 5.76. The Hall–Kier alpha value is -2.08. The molecule has 1 saturated heterocycles. The molecule has 3 aliphatic rings. The molecule has 0 spiro atoms. The largest absolute Gasteiger partial charge is 0.355 e. The van der Waals surface area contributed by atoms with Crippen LogP contribution in [0.4, 0.5) is 5.69 Å². The summed E-state index contributed by atoms with van der Waals surface area (Å²) in [6, 6.07) is 13.8. The molecule has 7 heteroatoms. The van der Waals surface area contributed by atoms with Crippen molar-refractivity contribution in [2.45, 2.75) is 56.3 Å². The molecular formula is C28H33Cl2N3O2. The van der Waals surface area contributed by atoms with Crippen LogP contribution in [0, 0.1) is 5.92 Å². The molecule has 0 radical (unpaired) electrons. The van der Waals surface area contributed by atoms with E-state index in [2.05, 4.69) is 33.7 Å². The fraction of sp³-hybridized carbons (Fsp3) is 0.500. The number of nitrogens with one attached hydrogen (secondary N) is 2. The lowest BCUT2D eigenvalue weighted by atomic mass is 9.89. The summed E-state index contributed by atoms with van der Waals surface area (Å²) >= 11 is 12.4. The van der Waals surface area contributed by atoms with Gasteiger partial charge in [-0.1, -0.05) is 41.4 Å². The zero-order valence-electron chi connectivity index (χ0n) is 20.0. The van der Waals surface area contributed by atoms with Crippen molar-refractivity contribution in [1.82, 2.24) is 10.2 Å². The average molecular weight is 514 g/mol. The van der Waals surface area contributed by atoms with E-state index < -0.39 is 5.41 Å². The highest BCUT2D eigenvalue weighted by atomic mass is 35.5.